The number of methoxy groups -OCH3 is 1. The molecular weight excluding hydrogens is 496 g/mol. The number of aliphatic imine (C=N–C) groups is 1. The van der Waals surface area contributed by atoms with Gasteiger partial charge in [0.2, 0.25) is 5.91 Å². The van der Waals surface area contributed by atoms with Crippen molar-refractivity contribution in [2.75, 3.05) is 23.5 Å². The van der Waals surface area contributed by atoms with Crippen LogP contribution in [0.3, 0.4) is 0 Å². The number of hydrogen-bond donors (Lipinski definition) is 3. The fourth-order valence-corrected chi connectivity index (χ4v) is 5.05. The number of benzene rings is 3. The number of anilines is 2. The number of hydrogen-bond acceptors (Lipinski definition) is 6. The summed E-state index contributed by atoms with van der Waals surface area (Å²) in [6, 6.07) is 20.5. The van der Waals surface area contributed by atoms with Crippen LogP contribution >= 0.6 is 11.8 Å². The first-order valence-corrected chi connectivity index (χ1v) is 13.3. The van der Waals surface area contributed by atoms with Crippen LogP contribution in [0.1, 0.15) is 35.2 Å². The van der Waals surface area contributed by atoms with Crippen molar-refractivity contribution in [3.8, 4) is 5.75 Å². The van der Waals surface area contributed by atoms with Gasteiger partial charge >= 0.3 is 0 Å². The summed E-state index contributed by atoms with van der Waals surface area (Å²) in [6.07, 6.45) is 0. The van der Waals surface area contributed by atoms with E-state index >= 15 is 0 Å². The topological polar surface area (TPSA) is 91.8 Å². The van der Waals surface area contributed by atoms with Crippen LogP contribution in [-0.4, -0.2) is 29.8 Å². The number of para-hydroxylation sites is 2. The summed E-state index contributed by atoms with van der Waals surface area (Å²) in [5.41, 5.74) is 6.55. The van der Waals surface area contributed by atoms with Crippen molar-refractivity contribution in [1.29, 1.82) is 0 Å². The number of carbonyl (C=O) groups excluding carboxylic acids is 2. The number of nitrogens with one attached hydrogen (secondary N) is 3. The zero-order chi connectivity index (χ0) is 27.2. The summed E-state index contributed by atoms with van der Waals surface area (Å²) in [6.45, 7) is 7.76. The third-order valence-corrected chi connectivity index (χ3v) is 7.22. The second-order valence-corrected chi connectivity index (χ2v) is 10.1. The van der Waals surface area contributed by atoms with E-state index in [1.165, 1.54) is 11.8 Å². The van der Waals surface area contributed by atoms with Crippen molar-refractivity contribution in [1.82, 2.24) is 5.32 Å². The first-order valence-electron chi connectivity index (χ1n) is 12.3. The molecule has 1 atom stereocenters. The Kier molecular flexibility index (Phi) is 8.53. The van der Waals surface area contributed by atoms with Crippen LogP contribution in [0.2, 0.25) is 0 Å². The van der Waals surface area contributed by atoms with Crippen molar-refractivity contribution in [2.45, 2.75) is 33.7 Å². The third kappa shape index (κ3) is 6.26. The number of carbonyl (C=O) groups is 2. The van der Waals surface area contributed by atoms with Crippen LogP contribution in [0.25, 0.3) is 0 Å². The van der Waals surface area contributed by atoms with Gasteiger partial charge < -0.3 is 20.7 Å². The third-order valence-electron chi connectivity index (χ3n) is 6.33. The molecule has 0 unspecified atom stereocenters. The Balaban J connectivity index is 1.58. The minimum absolute atomic E-state index is 0.125. The molecule has 7 nitrogen and oxygen atoms in total. The molecule has 3 aromatic rings. The standard InChI is InChI=1S/C30H32N4O3S/c1-18-14-15-22(16-24(18)37-5)28-26(29(36)32-23-12-7-6-8-13-23)21(4)31-30(34-28)38-17-25(35)33-27-19(2)10-9-11-20(27)3/h6-16,28H,17H2,1-5H3,(H,31,34)(H,32,36)(H,33,35)/t28-/m0/s1. The molecule has 0 bridgehead atoms. The molecule has 0 radical (unpaired) electrons. The Morgan fingerprint density at radius 3 is 2.32 bits per heavy atom. The fourth-order valence-electron chi connectivity index (χ4n) is 4.30. The number of allylic oxidation sites excluding steroid dienone is 1. The molecule has 8 heteroatoms. The number of amides is 2. The molecule has 0 saturated carbocycles. The monoisotopic (exact) mass is 528 g/mol. The summed E-state index contributed by atoms with van der Waals surface area (Å²) >= 11 is 1.30. The van der Waals surface area contributed by atoms with Crippen molar-refractivity contribution in [2.24, 2.45) is 4.99 Å². The maximum Gasteiger partial charge on any atom is 0.255 e. The molecule has 4 rings (SSSR count). The van der Waals surface area contributed by atoms with Gasteiger partial charge in [-0.05, 0) is 68.1 Å². The van der Waals surface area contributed by atoms with Crippen LogP contribution in [0.4, 0.5) is 11.4 Å². The molecule has 0 saturated heterocycles. The lowest BCUT2D eigenvalue weighted by atomic mass is 9.94. The van der Waals surface area contributed by atoms with E-state index < -0.39 is 6.04 Å². The van der Waals surface area contributed by atoms with Crippen LogP contribution < -0.4 is 20.7 Å². The number of rotatable bonds is 7. The number of ether oxygens (including phenoxy) is 1. The van der Waals surface area contributed by atoms with Crippen molar-refractivity contribution >= 4 is 40.1 Å². The number of amidine groups is 1. The van der Waals surface area contributed by atoms with E-state index in [1.54, 1.807) is 7.11 Å². The smallest absolute Gasteiger partial charge is 0.255 e. The van der Waals surface area contributed by atoms with Gasteiger partial charge in [-0.3, -0.25) is 9.59 Å². The Hall–Kier alpha value is -4.04. The molecule has 2 amide bonds. The van der Waals surface area contributed by atoms with E-state index in [1.807, 2.05) is 94.4 Å². The van der Waals surface area contributed by atoms with Crippen LogP contribution in [-0.2, 0) is 9.59 Å². The largest absolute Gasteiger partial charge is 0.496 e. The maximum absolute atomic E-state index is 13.4. The fraction of sp³-hybridized carbons (Fsp3) is 0.233. The van der Waals surface area contributed by atoms with Gasteiger partial charge in [-0.2, -0.15) is 0 Å². The highest BCUT2D eigenvalue weighted by Gasteiger charge is 2.30. The van der Waals surface area contributed by atoms with Gasteiger partial charge in [0.25, 0.3) is 5.91 Å². The van der Waals surface area contributed by atoms with Gasteiger partial charge in [0.15, 0.2) is 5.17 Å². The van der Waals surface area contributed by atoms with E-state index in [9.17, 15) is 9.59 Å². The predicted octanol–water partition coefficient (Wildman–Crippen LogP) is 5.91. The van der Waals surface area contributed by atoms with Crippen molar-refractivity contribution < 1.29 is 14.3 Å². The van der Waals surface area contributed by atoms with E-state index in [4.69, 9.17) is 9.73 Å². The molecule has 1 aliphatic heterocycles. The molecule has 196 valence electrons. The van der Waals surface area contributed by atoms with Gasteiger partial charge in [0.05, 0.1) is 18.4 Å². The van der Waals surface area contributed by atoms with Gasteiger partial charge in [0, 0.05) is 17.1 Å². The average Bonchev–Trinajstić information content (AvgIpc) is 2.90. The second-order valence-electron chi connectivity index (χ2n) is 9.15. The van der Waals surface area contributed by atoms with Crippen LogP contribution in [0.15, 0.2) is 83.0 Å². The highest BCUT2D eigenvalue weighted by atomic mass is 32.2. The molecule has 38 heavy (non-hydrogen) atoms. The molecule has 0 aliphatic carbocycles. The highest BCUT2D eigenvalue weighted by Crippen LogP contribution is 2.35. The SMILES string of the molecule is COc1cc([C@@H]2N=C(SCC(=O)Nc3c(C)cccc3C)NC(C)=C2C(=O)Nc2ccccc2)ccc1C. The predicted molar refractivity (Wildman–Crippen MR) is 156 cm³/mol. The number of thioether (sulfide) groups is 1. The van der Waals surface area contributed by atoms with Gasteiger partial charge in [-0.25, -0.2) is 4.99 Å². The minimum atomic E-state index is -0.571. The van der Waals surface area contributed by atoms with Crippen molar-refractivity contribution in [3.05, 3.63) is 100 Å². The summed E-state index contributed by atoms with van der Waals surface area (Å²) < 4.78 is 5.54. The molecule has 3 aromatic carbocycles. The Morgan fingerprint density at radius 1 is 0.921 bits per heavy atom. The molecule has 0 spiro atoms. The van der Waals surface area contributed by atoms with Crippen LogP contribution in [0, 0.1) is 20.8 Å². The van der Waals surface area contributed by atoms with Crippen molar-refractivity contribution in [3.63, 3.8) is 0 Å². The lowest BCUT2D eigenvalue weighted by Gasteiger charge is -2.27. The summed E-state index contributed by atoms with van der Waals surface area (Å²) in [4.78, 5) is 31.1. The van der Waals surface area contributed by atoms with Crippen LogP contribution in [0.5, 0.6) is 5.75 Å². The van der Waals surface area contributed by atoms with E-state index in [2.05, 4.69) is 16.0 Å². The van der Waals surface area contributed by atoms with E-state index in [0.29, 0.717) is 22.1 Å². The zero-order valence-corrected chi connectivity index (χ0v) is 23.0. The van der Waals surface area contributed by atoms with E-state index in [-0.39, 0.29) is 17.6 Å². The minimum Gasteiger partial charge on any atom is -0.496 e. The van der Waals surface area contributed by atoms with Gasteiger partial charge in [-0.1, -0.05) is 60.3 Å². The lowest BCUT2D eigenvalue weighted by Crippen LogP contribution is -2.32. The molecule has 0 aromatic heterocycles. The summed E-state index contributed by atoms with van der Waals surface area (Å²) in [7, 11) is 1.62. The Bertz CT molecular complexity index is 1400. The first-order chi connectivity index (χ1) is 18.3. The quantitative estimate of drug-likeness (QED) is 0.355. The lowest BCUT2D eigenvalue weighted by molar-refractivity contribution is -0.114. The average molecular weight is 529 g/mol. The van der Waals surface area contributed by atoms with Gasteiger partial charge in [0.1, 0.15) is 11.8 Å². The first kappa shape index (κ1) is 27.0. The molecule has 3 N–H and O–H groups in total. The zero-order valence-electron chi connectivity index (χ0n) is 22.2. The number of aryl methyl sites for hydroxylation is 3. The Morgan fingerprint density at radius 2 is 1.63 bits per heavy atom. The molecular formula is C30H32N4O3S. The number of nitrogens with zero attached hydrogens (tertiary/aromatic N) is 1. The molecule has 1 heterocycles. The van der Waals surface area contributed by atoms with Gasteiger partial charge in [-0.15, -0.1) is 0 Å². The van der Waals surface area contributed by atoms with E-state index in [0.717, 1.165) is 33.7 Å². The molecule has 0 fully saturated rings. The maximum atomic E-state index is 13.4. The second kappa shape index (κ2) is 12.0. The normalized spacial score (nSPS) is 14.9. The highest BCUT2D eigenvalue weighted by molar-refractivity contribution is 8.14. The summed E-state index contributed by atoms with van der Waals surface area (Å²) in [5.74, 6) is 0.521. The summed E-state index contributed by atoms with van der Waals surface area (Å²) in [5, 5.41) is 9.79. The Labute approximate surface area is 227 Å². The molecule has 1 aliphatic rings.